The third kappa shape index (κ3) is 8.41. The Kier molecular flexibility index (Phi) is 5.19. The van der Waals surface area contributed by atoms with Gasteiger partial charge >= 0.3 is 33.0 Å². The van der Waals surface area contributed by atoms with E-state index in [4.69, 9.17) is 0 Å². The van der Waals surface area contributed by atoms with Crippen LogP contribution in [0.2, 0.25) is 0 Å². The number of hydrogen-bond donors (Lipinski definition) is 0. The van der Waals surface area contributed by atoms with Gasteiger partial charge in [0.15, 0.2) is 0 Å². The molecule has 0 fully saturated rings. The van der Waals surface area contributed by atoms with Crippen molar-refractivity contribution in [3.05, 3.63) is 77.7 Å². The van der Waals surface area contributed by atoms with Gasteiger partial charge in [-0.25, -0.2) is 0 Å². The molecule has 1 heterocycles. The van der Waals surface area contributed by atoms with Gasteiger partial charge in [0, 0.05) is 24.6 Å². The van der Waals surface area contributed by atoms with E-state index in [1.54, 1.807) is 0 Å². The molecule has 0 N–H and O–H groups in total. The summed E-state index contributed by atoms with van der Waals surface area (Å²) >= 11 is 1.84. The minimum absolute atomic E-state index is 1.27. The minimum atomic E-state index is -10.7. The van der Waals surface area contributed by atoms with Crippen LogP contribution in [0, 0.1) is 6.92 Å². The fourth-order valence-electron chi connectivity index (χ4n) is 2.18. The number of halogens is 6. The van der Waals surface area contributed by atoms with Crippen LogP contribution in [0.3, 0.4) is 0 Å². The van der Waals surface area contributed by atoms with E-state index in [1.165, 1.54) is 26.4 Å². The first-order valence-corrected chi connectivity index (χ1v) is 10.2. The first-order valence-electron chi connectivity index (χ1n) is 7.40. The van der Waals surface area contributed by atoms with Crippen molar-refractivity contribution in [1.82, 2.24) is 0 Å². The summed E-state index contributed by atoms with van der Waals surface area (Å²) in [5.74, 6) is 0. The average Bonchev–Trinajstić information content (AvgIpc) is 2.53. The molecule has 0 nitrogen and oxygen atoms in total. The molecule has 26 heavy (non-hydrogen) atoms. The zero-order valence-electron chi connectivity index (χ0n) is 13.6. The maximum atomic E-state index is 9.87. The molecule has 2 aromatic carbocycles. The van der Waals surface area contributed by atoms with Gasteiger partial charge in [-0.15, -0.1) is 0 Å². The number of hydrogen-bond acceptors (Lipinski definition) is 0. The van der Waals surface area contributed by atoms with E-state index in [1.807, 2.05) is 11.3 Å². The van der Waals surface area contributed by atoms with Crippen LogP contribution in [0.25, 0.3) is 21.6 Å². The average molecular weight is 408 g/mol. The summed E-state index contributed by atoms with van der Waals surface area (Å²) in [7, 11) is -10.7. The molecule has 3 aromatic rings. The van der Waals surface area contributed by atoms with Gasteiger partial charge in [0.2, 0.25) is 21.1 Å². The summed E-state index contributed by atoms with van der Waals surface area (Å²) in [6, 6.07) is 25.7. The van der Waals surface area contributed by atoms with Crippen molar-refractivity contribution < 1.29 is 25.2 Å². The summed E-state index contributed by atoms with van der Waals surface area (Å²) in [6.45, 7) is 2.17. The van der Waals surface area contributed by atoms with E-state index < -0.39 is 7.81 Å². The molecular weight excluding hydrogens is 393 g/mol. The SMILES string of the molecule is Cc1cc(-c2ccccc2)cc(-c2ccccc2)[s+]1.F[P-](F)(F)(F)(F)F. The monoisotopic (exact) mass is 408 g/mol. The van der Waals surface area contributed by atoms with Crippen LogP contribution in [0.4, 0.5) is 25.2 Å². The van der Waals surface area contributed by atoms with Gasteiger partial charge in [0.25, 0.3) is 0 Å². The Balaban J connectivity index is 0.000000298. The van der Waals surface area contributed by atoms with E-state index in [-0.39, 0.29) is 0 Å². The van der Waals surface area contributed by atoms with Crippen molar-refractivity contribution in [2.24, 2.45) is 0 Å². The van der Waals surface area contributed by atoms with E-state index in [9.17, 15) is 25.2 Å². The quantitative estimate of drug-likeness (QED) is 0.225. The Bertz CT molecular complexity index is 809. The third-order valence-electron chi connectivity index (χ3n) is 3.08. The van der Waals surface area contributed by atoms with E-state index in [2.05, 4.69) is 79.7 Å². The molecule has 0 radical (unpaired) electrons. The topological polar surface area (TPSA) is 0 Å². The van der Waals surface area contributed by atoms with E-state index in [0.29, 0.717) is 0 Å². The Hall–Kier alpha value is -1.98. The maximum absolute atomic E-state index is 10.7. The van der Waals surface area contributed by atoms with Gasteiger partial charge in [0.05, 0.1) is 0 Å². The molecule has 0 spiro atoms. The van der Waals surface area contributed by atoms with Crippen LogP contribution >= 0.6 is 19.1 Å². The molecule has 0 bridgehead atoms. The van der Waals surface area contributed by atoms with Gasteiger partial charge in [-0.3, -0.25) is 0 Å². The van der Waals surface area contributed by atoms with Gasteiger partial charge in [-0.1, -0.05) is 48.5 Å². The summed E-state index contributed by atoms with van der Waals surface area (Å²) in [4.78, 5) is 2.65. The van der Waals surface area contributed by atoms with Gasteiger partial charge in [0.1, 0.15) is 0 Å². The molecule has 0 atom stereocenters. The van der Waals surface area contributed by atoms with Crippen LogP contribution in [0.15, 0.2) is 72.8 Å². The molecular formula is C18H15F6PS. The molecule has 0 saturated carbocycles. The van der Waals surface area contributed by atoms with Crippen molar-refractivity contribution >= 4 is 19.1 Å². The molecule has 0 aliphatic rings. The zero-order valence-corrected chi connectivity index (χ0v) is 15.3. The first-order chi connectivity index (χ1) is 11.8. The molecule has 0 unspecified atom stereocenters. The predicted molar refractivity (Wildman–Crippen MR) is 97.9 cm³/mol. The zero-order chi connectivity index (χ0) is 19.5. The molecule has 0 aliphatic heterocycles. The second-order valence-corrected chi connectivity index (χ2v) is 8.72. The van der Waals surface area contributed by atoms with Crippen LogP contribution in [0.5, 0.6) is 0 Å². The molecule has 140 valence electrons. The Morgan fingerprint density at radius 3 is 1.50 bits per heavy atom. The van der Waals surface area contributed by atoms with E-state index in [0.717, 1.165) is 0 Å². The normalized spacial score (nSPS) is 13.8. The van der Waals surface area contributed by atoms with Crippen LogP contribution < -0.4 is 0 Å². The number of benzene rings is 2. The van der Waals surface area contributed by atoms with Gasteiger partial charge in [-0.05, 0) is 23.3 Å². The van der Waals surface area contributed by atoms with Crippen molar-refractivity contribution in [2.75, 3.05) is 0 Å². The van der Waals surface area contributed by atoms with Crippen LogP contribution in [-0.2, 0) is 0 Å². The Morgan fingerprint density at radius 1 is 0.615 bits per heavy atom. The second-order valence-electron chi connectivity index (χ2n) is 5.51. The Morgan fingerprint density at radius 2 is 1.04 bits per heavy atom. The second kappa shape index (κ2) is 6.63. The fourth-order valence-corrected chi connectivity index (χ4v) is 3.15. The van der Waals surface area contributed by atoms with Crippen LogP contribution in [0.1, 0.15) is 4.88 Å². The summed E-state index contributed by atoms with van der Waals surface area (Å²) in [5, 5.41) is 0. The van der Waals surface area contributed by atoms with Crippen molar-refractivity contribution in [3.63, 3.8) is 0 Å². The first kappa shape index (κ1) is 20.3. The molecule has 8 heteroatoms. The molecule has 0 aliphatic carbocycles. The molecule has 1 aromatic heterocycles. The van der Waals surface area contributed by atoms with E-state index >= 15 is 0 Å². The number of rotatable bonds is 2. The van der Waals surface area contributed by atoms with Crippen molar-refractivity contribution in [3.8, 4) is 21.6 Å². The van der Waals surface area contributed by atoms with Crippen molar-refractivity contribution in [1.29, 1.82) is 0 Å². The molecule has 0 amide bonds. The van der Waals surface area contributed by atoms with Gasteiger partial charge in [-0.2, -0.15) is 0 Å². The Labute approximate surface area is 151 Å². The van der Waals surface area contributed by atoms with Crippen molar-refractivity contribution in [2.45, 2.75) is 6.92 Å². The summed E-state index contributed by atoms with van der Waals surface area (Å²) in [6.07, 6.45) is 0. The fraction of sp³-hybridized carbons (Fsp3) is 0.0556. The summed E-state index contributed by atoms with van der Waals surface area (Å²) < 4.78 is 59.2. The molecule has 0 saturated heterocycles. The summed E-state index contributed by atoms with van der Waals surface area (Å²) in [5.41, 5.74) is 3.85. The molecule has 3 rings (SSSR count). The number of aryl methyl sites for hydroxylation is 1. The predicted octanol–water partition coefficient (Wildman–Crippen LogP) is 9.05. The van der Waals surface area contributed by atoms with Gasteiger partial charge < -0.3 is 0 Å². The third-order valence-corrected chi connectivity index (χ3v) is 4.10. The standard InChI is InChI=1S/C18H15S.F6P/c1-14-12-17(15-8-4-2-5-9-15)13-18(19-14)16-10-6-3-7-11-16;1-7(2,3,4,5)6/h2-13H,1H3;/q+1;-1. The van der Waals surface area contributed by atoms with Crippen LogP contribution in [-0.4, -0.2) is 0 Å².